The van der Waals surface area contributed by atoms with E-state index in [1.807, 2.05) is 0 Å². The van der Waals surface area contributed by atoms with Gasteiger partial charge in [-0.1, -0.05) is 15.9 Å². The van der Waals surface area contributed by atoms with Gasteiger partial charge in [-0.25, -0.2) is 4.39 Å². The molecule has 0 rings (SSSR count). The third-order valence-corrected chi connectivity index (χ3v) is 1.55. The van der Waals surface area contributed by atoms with Gasteiger partial charge in [0, 0.05) is 5.33 Å². The van der Waals surface area contributed by atoms with Crippen LogP contribution >= 0.6 is 15.9 Å². The molecule has 0 heterocycles. The zero-order chi connectivity index (χ0) is 6.41. The van der Waals surface area contributed by atoms with Gasteiger partial charge in [0.05, 0.1) is 6.17 Å². The molecule has 0 saturated carbocycles. The van der Waals surface area contributed by atoms with Crippen molar-refractivity contribution >= 4 is 15.9 Å². The maximum absolute atomic E-state index is 12.0. The summed E-state index contributed by atoms with van der Waals surface area (Å²) in [6.45, 7) is 1.61. The number of rotatable bonds is 4. The van der Waals surface area contributed by atoms with E-state index in [0.717, 1.165) is 18.2 Å². The second-order valence-corrected chi connectivity index (χ2v) is 2.76. The molecule has 0 radical (unpaired) electrons. The smallest absolute Gasteiger partial charge is 0.0973 e. The second-order valence-electron chi connectivity index (χ2n) is 1.97. The fourth-order valence-corrected chi connectivity index (χ4v) is 0.917. The van der Waals surface area contributed by atoms with Gasteiger partial charge in [0.25, 0.3) is 0 Å². The van der Waals surface area contributed by atoms with E-state index in [9.17, 15) is 4.39 Å². The topological polar surface area (TPSA) is 0 Å². The summed E-state index contributed by atoms with van der Waals surface area (Å²) >= 11 is 3.28. The van der Waals surface area contributed by atoms with Crippen LogP contribution in [-0.4, -0.2) is 11.5 Å². The Hall–Kier alpha value is 0.410. The molecule has 0 aliphatic heterocycles. The molecule has 0 aliphatic rings. The van der Waals surface area contributed by atoms with Gasteiger partial charge in [0.15, 0.2) is 0 Å². The third-order valence-electron chi connectivity index (χ3n) is 0.986. The molecule has 8 heavy (non-hydrogen) atoms. The lowest BCUT2D eigenvalue weighted by Gasteiger charge is -1.97. The van der Waals surface area contributed by atoms with Gasteiger partial charge in [0.2, 0.25) is 0 Å². The summed E-state index contributed by atoms with van der Waals surface area (Å²) in [6.07, 6.45) is 2.19. The zero-order valence-electron chi connectivity index (χ0n) is 5.16. The minimum atomic E-state index is -0.617. The monoisotopic (exact) mass is 182 g/mol. The lowest BCUT2D eigenvalue weighted by molar-refractivity contribution is 0.334. The summed E-state index contributed by atoms with van der Waals surface area (Å²) in [5.74, 6) is 0. The number of halogens is 2. The van der Waals surface area contributed by atoms with Crippen molar-refractivity contribution < 1.29 is 4.39 Å². The van der Waals surface area contributed by atoms with Gasteiger partial charge in [-0.15, -0.1) is 0 Å². The van der Waals surface area contributed by atoms with Crippen molar-refractivity contribution in [2.75, 3.05) is 5.33 Å². The van der Waals surface area contributed by atoms with Crippen molar-refractivity contribution in [2.24, 2.45) is 0 Å². The maximum Gasteiger partial charge on any atom is 0.0973 e. The maximum atomic E-state index is 12.0. The normalized spacial score (nSPS) is 13.9. The highest BCUT2D eigenvalue weighted by Crippen LogP contribution is 2.04. The van der Waals surface area contributed by atoms with Gasteiger partial charge in [-0.3, -0.25) is 0 Å². The summed E-state index contributed by atoms with van der Waals surface area (Å²) in [5, 5.41) is 1.000. The molecule has 0 bridgehead atoms. The first kappa shape index (κ1) is 8.41. The van der Waals surface area contributed by atoms with E-state index in [-0.39, 0.29) is 0 Å². The largest absolute Gasteiger partial charge is 0.248 e. The first-order valence-corrected chi connectivity index (χ1v) is 4.09. The molecule has 1 unspecified atom stereocenters. The highest BCUT2D eigenvalue weighted by atomic mass is 79.9. The van der Waals surface area contributed by atoms with Crippen molar-refractivity contribution in [3.63, 3.8) is 0 Å². The molecule has 0 aromatic heterocycles. The van der Waals surface area contributed by atoms with E-state index in [1.54, 1.807) is 6.92 Å². The highest BCUT2D eigenvalue weighted by molar-refractivity contribution is 9.09. The fraction of sp³-hybridized carbons (Fsp3) is 1.00. The van der Waals surface area contributed by atoms with Crippen molar-refractivity contribution in [1.82, 2.24) is 0 Å². The summed E-state index contributed by atoms with van der Waals surface area (Å²) < 4.78 is 12.0. The van der Waals surface area contributed by atoms with Crippen molar-refractivity contribution in [1.29, 1.82) is 0 Å². The number of hydrogen-bond acceptors (Lipinski definition) is 0. The Labute approximate surface area is 58.6 Å². The first-order valence-electron chi connectivity index (χ1n) is 2.97. The zero-order valence-corrected chi connectivity index (χ0v) is 6.75. The predicted molar refractivity (Wildman–Crippen MR) is 38.2 cm³/mol. The van der Waals surface area contributed by atoms with Crippen LogP contribution in [0.2, 0.25) is 0 Å². The molecule has 0 nitrogen and oxygen atoms in total. The van der Waals surface area contributed by atoms with Gasteiger partial charge in [-0.05, 0) is 26.2 Å². The molecule has 0 amide bonds. The predicted octanol–water partition coefficient (Wildman–Crippen LogP) is 2.91. The van der Waals surface area contributed by atoms with Crippen LogP contribution in [0.3, 0.4) is 0 Å². The lowest BCUT2D eigenvalue weighted by Crippen LogP contribution is -1.91. The molecular weight excluding hydrogens is 171 g/mol. The molecule has 0 aromatic rings. The van der Waals surface area contributed by atoms with Crippen LogP contribution in [0.5, 0.6) is 0 Å². The van der Waals surface area contributed by atoms with Gasteiger partial charge in [-0.2, -0.15) is 0 Å². The third kappa shape index (κ3) is 6.41. The van der Waals surface area contributed by atoms with Crippen molar-refractivity contribution in [3.05, 3.63) is 0 Å². The Morgan fingerprint density at radius 2 is 2.12 bits per heavy atom. The number of unbranched alkanes of at least 4 members (excludes halogenated alkanes) is 1. The standard InChI is InChI=1S/C6H12BrF/c1-6(8)4-2-3-5-7/h6H,2-5H2,1H3. The van der Waals surface area contributed by atoms with E-state index in [4.69, 9.17) is 0 Å². The second kappa shape index (κ2) is 5.54. The van der Waals surface area contributed by atoms with Crippen LogP contribution in [-0.2, 0) is 0 Å². The quantitative estimate of drug-likeness (QED) is 0.464. The lowest BCUT2D eigenvalue weighted by atomic mass is 10.2. The molecule has 0 aromatic carbocycles. The van der Waals surface area contributed by atoms with Crippen molar-refractivity contribution in [2.45, 2.75) is 32.4 Å². The number of alkyl halides is 2. The van der Waals surface area contributed by atoms with E-state index in [1.165, 1.54) is 0 Å². The Morgan fingerprint density at radius 1 is 1.50 bits per heavy atom. The van der Waals surface area contributed by atoms with Crippen LogP contribution in [0.25, 0.3) is 0 Å². The van der Waals surface area contributed by atoms with Crippen molar-refractivity contribution in [3.8, 4) is 0 Å². The average molecular weight is 183 g/mol. The molecule has 50 valence electrons. The van der Waals surface area contributed by atoms with Gasteiger partial charge >= 0.3 is 0 Å². The number of hydrogen-bond donors (Lipinski definition) is 0. The molecular formula is C6H12BrF. The highest BCUT2D eigenvalue weighted by Gasteiger charge is 1.94. The SMILES string of the molecule is CC(F)CCCCBr. The van der Waals surface area contributed by atoms with Crippen LogP contribution in [0.15, 0.2) is 0 Å². The van der Waals surface area contributed by atoms with E-state index in [2.05, 4.69) is 15.9 Å². The van der Waals surface area contributed by atoms with E-state index in [0.29, 0.717) is 6.42 Å². The van der Waals surface area contributed by atoms with Gasteiger partial charge < -0.3 is 0 Å². The Kier molecular flexibility index (Phi) is 5.83. The minimum Gasteiger partial charge on any atom is -0.248 e. The Morgan fingerprint density at radius 3 is 2.50 bits per heavy atom. The average Bonchev–Trinajstić information content (AvgIpc) is 1.66. The fourth-order valence-electron chi connectivity index (χ4n) is 0.520. The molecule has 2 heteroatoms. The van der Waals surface area contributed by atoms with E-state index >= 15 is 0 Å². The molecule has 1 atom stereocenters. The Bertz CT molecular complexity index is 45.8. The summed E-state index contributed by atoms with van der Waals surface area (Å²) in [4.78, 5) is 0. The van der Waals surface area contributed by atoms with Crippen LogP contribution < -0.4 is 0 Å². The summed E-state index contributed by atoms with van der Waals surface area (Å²) in [7, 11) is 0. The molecule has 0 aliphatic carbocycles. The molecule has 0 saturated heterocycles. The van der Waals surface area contributed by atoms with E-state index < -0.39 is 6.17 Å². The molecule has 0 fully saturated rings. The molecule has 0 N–H and O–H groups in total. The van der Waals surface area contributed by atoms with Crippen LogP contribution in [0.4, 0.5) is 4.39 Å². The first-order chi connectivity index (χ1) is 3.77. The summed E-state index contributed by atoms with van der Waals surface area (Å²) in [5.41, 5.74) is 0. The molecule has 0 spiro atoms. The summed E-state index contributed by atoms with van der Waals surface area (Å²) in [6, 6.07) is 0. The Balaban J connectivity index is 2.72. The van der Waals surface area contributed by atoms with Gasteiger partial charge in [0.1, 0.15) is 0 Å². The minimum absolute atomic E-state index is 0.617. The van der Waals surface area contributed by atoms with Crippen LogP contribution in [0, 0.1) is 0 Å². The van der Waals surface area contributed by atoms with Crippen LogP contribution in [0.1, 0.15) is 26.2 Å².